The Labute approximate surface area is 122 Å². The van der Waals surface area contributed by atoms with Gasteiger partial charge in [-0.2, -0.15) is 5.26 Å². The molecule has 20 heavy (non-hydrogen) atoms. The minimum atomic E-state index is -0.388. The van der Waals surface area contributed by atoms with Crippen molar-refractivity contribution < 1.29 is 4.74 Å². The summed E-state index contributed by atoms with van der Waals surface area (Å²) in [5.41, 5.74) is 3.58. The summed E-state index contributed by atoms with van der Waals surface area (Å²) in [5.74, 6) is 0. The molecule has 108 valence electrons. The average Bonchev–Trinajstić information content (AvgIpc) is 2.47. The van der Waals surface area contributed by atoms with E-state index in [1.165, 1.54) is 16.7 Å². The molecule has 1 unspecified atom stereocenters. The van der Waals surface area contributed by atoms with Crippen LogP contribution >= 0.6 is 0 Å². The zero-order valence-corrected chi connectivity index (χ0v) is 12.8. The lowest BCUT2D eigenvalue weighted by Crippen LogP contribution is -2.51. The molecule has 3 nitrogen and oxygen atoms in total. The molecular weight excluding hydrogens is 248 g/mol. The molecule has 0 aliphatic carbocycles. The fourth-order valence-corrected chi connectivity index (χ4v) is 2.85. The van der Waals surface area contributed by atoms with Crippen LogP contribution in [0.2, 0.25) is 0 Å². The van der Waals surface area contributed by atoms with Gasteiger partial charge in [0.25, 0.3) is 0 Å². The van der Waals surface area contributed by atoms with Crippen molar-refractivity contribution in [2.75, 3.05) is 26.3 Å². The molecule has 1 saturated heterocycles. The first kappa shape index (κ1) is 15.0. The second kappa shape index (κ2) is 6.39. The Morgan fingerprint density at radius 1 is 1.30 bits per heavy atom. The van der Waals surface area contributed by atoms with Crippen molar-refractivity contribution in [3.05, 3.63) is 34.9 Å². The van der Waals surface area contributed by atoms with Crippen LogP contribution in [0.4, 0.5) is 0 Å². The Morgan fingerprint density at radius 2 is 2.00 bits per heavy atom. The molecule has 1 aromatic carbocycles. The van der Waals surface area contributed by atoms with Crippen LogP contribution in [0.1, 0.15) is 30.0 Å². The number of morpholine rings is 1. The summed E-state index contributed by atoms with van der Waals surface area (Å²) >= 11 is 0. The zero-order chi connectivity index (χ0) is 14.6. The van der Waals surface area contributed by atoms with E-state index in [9.17, 15) is 5.26 Å². The normalized spacial score (nSPS) is 19.3. The smallest absolute Gasteiger partial charge is 0.106 e. The Hall–Kier alpha value is -1.37. The first-order valence-electron chi connectivity index (χ1n) is 7.35. The minimum absolute atomic E-state index is 0.388. The molecule has 3 heteroatoms. The van der Waals surface area contributed by atoms with Gasteiger partial charge in [0, 0.05) is 13.1 Å². The van der Waals surface area contributed by atoms with Crippen molar-refractivity contribution in [1.82, 2.24) is 4.90 Å². The van der Waals surface area contributed by atoms with Crippen LogP contribution in [-0.2, 0) is 11.2 Å². The molecule has 1 aromatic rings. The molecule has 0 spiro atoms. The van der Waals surface area contributed by atoms with E-state index in [-0.39, 0.29) is 5.54 Å². The molecule has 0 radical (unpaired) electrons. The van der Waals surface area contributed by atoms with Crippen LogP contribution < -0.4 is 0 Å². The van der Waals surface area contributed by atoms with Gasteiger partial charge in [0.05, 0.1) is 19.3 Å². The Kier molecular flexibility index (Phi) is 4.80. The summed E-state index contributed by atoms with van der Waals surface area (Å²) in [6, 6.07) is 9.09. The molecular formula is C17H24N2O. The number of rotatable bonds is 4. The molecule has 1 fully saturated rings. The lowest BCUT2D eigenvalue weighted by Gasteiger charge is -2.38. The van der Waals surface area contributed by atoms with E-state index < -0.39 is 0 Å². The van der Waals surface area contributed by atoms with Gasteiger partial charge in [-0.15, -0.1) is 0 Å². The maximum absolute atomic E-state index is 9.60. The molecule has 1 aliphatic rings. The van der Waals surface area contributed by atoms with Crippen molar-refractivity contribution in [3.8, 4) is 6.07 Å². The van der Waals surface area contributed by atoms with Gasteiger partial charge in [-0.1, -0.05) is 23.8 Å². The van der Waals surface area contributed by atoms with Gasteiger partial charge < -0.3 is 4.74 Å². The summed E-state index contributed by atoms with van der Waals surface area (Å²) in [6.45, 7) is 9.52. The molecule has 1 aliphatic heterocycles. The number of hydrogen-bond donors (Lipinski definition) is 0. The fraction of sp³-hybridized carbons (Fsp3) is 0.588. The highest BCUT2D eigenvalue weighted by Crippen LogP contribution is 2.23. The maximum Gasteiger partial charge on any atom is 0.106 e. The fourth-order valence-electron chi connectivity index (χ4n) is 2.85. The number of nitrogens with zero attached hydrogens (tertiary/aromatic N) is 2. The topological polar surface area (TPSA) is 36.3 Å². The standard InChI is InChI=1S/C17H24N2O/c1-14-4-5-16(15(2)12-14)6-7-17(3,13-18)19-8-10-20-11-9-19/h4-5,12H,6-11H2,1-3H3. The summed E-state index contributed by atoms with van der Waals surface area (Å²) in [6.07, 6.45) is 1.82. The largest absolute Gasteiger partial charge is 0.379 e. The van der Waals surface area contributed by atoms with E-state index in [0.29, 0.717) is 0 Å². The average molecular weight is 272 g/mol. The molecule has 0 bridgehead atoms. The summed E-state index contributed by atoms with van der Waals surface area (Å²) < 4.78 is 5.38. The van der Waals surface area contributed by atoms with E-state index in [4.69, 9.17) is 4.74 Å². The van der Waals surface area contributed by atoms with E-state index in [0.717, 1.165) is 39.1 Å². The van der Waals surface area contributed by atoms with Crippen LogP contribution in [0.15, 0.2) is 18.2 Å². The van der Waals surface area contributed by atoms with Crippen molar-refractivity contribution in [1.29, 1.82) is 5.26 Å². The third-order valence-corrected chi connectivity index (χ3v) is 4.33. The highest BCUT2D eigenvalue weighted by atomic mass is 16.5. The molecule has 0 amide bonds. The quantitative estimate of drug-likeness (QED) is 0.845. The minimum Gasteiger partial charge on any atom is -0.379 e. The van der Waals surface area contributed by atoms with Gasteiger partial charge in [-0.25, -0.2) is 0 Å². The number of nitriles is 1. The van der Waals surface area contributed by atoms with Gasteiger partial charge in [-0.3, -0.25) is 4.90 Å². The van der Waals surface area contributed by atoms with E-state index in [1.54, 1.807) is 0 Å². The summed E-state index contributed by atoms with van der Waals surface area (Å²) in [5, 5.41) is 9.60. The highest BCUT2D eigenvalue weighted by Gasteiger charge is 2.32. The number of aryl methyl sites for hydroxylation is 3. The molecule has 0 saturated carbocycles. The second-order valence-electron chi connectivity index (χ2n) is 5.92. The number of ether oxygens (including phenoxy) is 1. The third kappa shape index (κ3) is 3.39. The second-order valence-corrected chi connectivity index (χ2v) is 5.92. The van der Waals surface area contributed by atoms with E-state index >= 15 is 0 Å². The first-order chi connectivity index (χ1) is 9.55. The highest BCUT2D eigenvalue weighted by molar-refractivity contribution is 5.31. The lowest BCUT2D eigenvalue weighted by atomic mass is 9.90. The molecule has 0 aromatic heterocycles. The third-order valence-electron chi connectivity index (χ3n) is 4.33. The van der Waals surface area contributed by atoms with Crippen molar-refractivity contribution >= 4 is 0 Å². The van der Waals surface area contributed by atoms with Gasteiger partial charge in [0.1, 0.15) is 5.54 Å². The van der Waals surface area contributed by atoms with Gasteiger partial charge >= 0.3 is 0 Å². The zero-order valence-electron chi connectivity index (χ0n) is 12.8. The van der Waals surface area contributed by atoms with Crippen LogP contribution in [0.25, 0.3) is 0 Å². The predicted octanol–water partition coefficient (Wildman–Crippen LogP) is 2.85. The first-order valence-corrected chi connectivity index (χ1v) is 7.35. The van der Waals surface area contributed by atoms with Gasteiger partial charge in [0.15, 0.2) is 0 Å². The van der Waals surface area contributed by atoms with Crippen molar-refractivity contribution in [2.24, 2.45) is 0 Å². The van der Waals surface area contributed by atoms with Gasteiger partial charge in [0.2, 0.25) is 0 Å². The molecule has 1 atom stereocenters. The predicted molar refractivity (Wildman–Crippen MR) is 80.6 cm³/mol. The number of benzene rings is 1. The summed E-state index contributed by atoms with van der Waals surface area (Å²) in [7, 11) is 0. The monoisotopic (exact) mass is 272 g/mol. The van der Waals surface area contributed by atoms with E-state index in [2.05, 4.69) is 49.9 Å². The van der Waals surface area contributed by atoms with E-state index in [1.807, 2.05) is 0 Å². The lowest BCUT2D eigenvalue weighted by molar-refractivity contribution is -0.000457. The number of hydrogen-bond acceptors (Lipinski definition) is 3. The Morgan fingerprint density at radius 3 is 2.60 bits per heavy atom. The van der Waals surface area contributed by atoms with Crippen LogP contribution in [-0.4, -0.2) is 36.7 Å². The maximum atomic E-state index is 9.60. The van der Waals surface area contributed by atoms with Gasteiger partial charge in [-0.05, 0) is 44.7 Å². The Balaban J connectivity index is 2.04. The molecule has 0 N–H and O–H groups in total. The van der Waals surface area contributed by atoms with Crippen LogP contribution in [0, 0.1) is 25.2 Å². The molecule has 2 rings (SSSR count). The Bertz CT molecular complexity index is 500. The molecule has 1 heterocycles. The van der Waals surface area contributed by atoms with Crippen molar-refractivity contribution in [3.63, 3.8) is 0 Å². The summed E-state index contributed by atoms with van der Waals surface area (Å²) in [4.78, 5) is 2.26. The van der Waals surface area contributed by atoms with Crippen LogP contribution in [0.5, 0.6) is 0 Å². The van der Waals surface area contributed by atoms with Crippen LogP contribution in [0.3, 0.4) is 0 Å². The van der Waals surface area contributed by atoms with Crippen molar-refractivity contribution in [2.45, 2.75) is 39.2 Å². The SMILES string of the molecule is Cc1ccc(CCC(C)(C#N)N2CCOCC2)c(C)c1.